The molecule has 5 rings (SSSR count). The fraction of sp³-hybridized carbons (Fsp3) is 0.600. The van der Waals surface area contributed by atoms with Gasteiger partial charge in [0.05, 0.1) is 19.8 Å². The normalized spacial score (nSPS) is 39.3. The van der Waals surface area contributed by atoms with Crippen LogP contribution in [0.15, 0.2) is 24.3 Å². The molecule has 0 amide bonds. The van der Waals surface area contributed by atoms with Gasteiger partial charge in [-0.1, -0.05) is 6.92 Å². The average Bonchev–Trinajstić information content (AvgIpc) is 3.21. The first-order valence-corrected chi connectivity index (χ1v) is 7.84. The Morgan fingerprint density at radius 2 is 1.47 bits per heavy atom. The molecule has 2 bridgehead atoms. The Kier molecular flexibility index (Phi) is 2.60. The summed E-state index contributed by atoms with van der Waals surface area (Å²) in [5, 5.41) is 0. The van der Waals surface area contributed by atoms with E-state index in [2.05, 4.69) is 41.6 Å². The molecule has 1 saturated carbocycles. The van der Waals surface area contributed by atoms with Gasteiger partial charge < -0.3 is 14.2 Å². The van der Waals surface area contributed by atoms with E-state index in [1.807, 2.05) is 12.1 Å². The van der Waals surface area contributed by atoms with E-state index in [0.29, 0.717) is 5.41 Å². The van der Waals surface area contributed by atoms with Crippen molar-refractivity contribution in [1.82, 2.24) is 0 Å². The maximum Gasteiger partial charge on any atom is 0.312 e. The molecule has 0 N–H and O–H groups in total. The van der Waals surface area contributed by atoms with Gasteiger partial charge in [-0.15, -0.1) is 0 Å². The lowest BCUT2D eigenvalue weighted by molar-refractivity contribution is -0.486. The summed E-state index contributed by atoms with van der Waals surface area (Å²) >= 11 is 2.29. The lowest BCUT2D eigenvalue weighted by Crippen LogP contribution is -2.61. The van der Waals surface area contributed by atoms with E-state index in [-0.39, 0.29) is 5.41 Å². The molecule has 3 saturated heterocycles. The summed E-state index contributed by atoms with van der Waals surface area (Å²) in [5.74, 6) is -0.961. The van der Waals surface area contributed by atoms with Gasteiger partial charge in [-0.25, -0.2) is 0 Å². The monoisotopic (exact) mass is 372 g/mol. The van der Waals surface area contributed by atoms with Crippen LogP contribution in [0, 0.1) is 14.4 Å². The second kappa shape index (κ2) is 3.93. The van der Waals surface area contributed by atoms with Crippen molar-refractivity contribution in [2.24, 2.45) is 10.8 Å². The van der Waals surface area contributed by atoms with E-state index in [0.717, 1.165) is 25.4 Å². The highest BCUT2D eigenvalue weighted by Gasteiger charge is 2.64. The largest absolute Gasteiger partial charge is 0.323 e. The molecule has 4 aliphatic rings. The molecule has 1 aromatic rings. The van der Waals surface area contributed by atoms with Gasteiger partial charge in [-0.2, -0.15) is 0 Å². The minimum absolute atomic E-state index is 0.0674. The minimum atomic E-state index is -0.961. The lowest BCUT2D eigenvalue weighted by Gasteiger charge is -2.54. The molecule has 4 heteroatoms. The molecule has 1 aliphatic carbocycles. The standard InChI is InChI=1S/C15H17IO3/c1-13(6-7-13)14-8-17-15(18-9-14,19-10-14)11-2-4-12(16)5-3-11/h2-5H,6-10H2,1H3. The quantitative estimate of drug-likeness (QED) is 0.746. The van der Waals surface area contributed by atoms with E-state index in [9.17, 15) is 0 Å². The van der Waals surface area contributed by atoms with Gasteiger partial charge in [-0.05, 0) is 65.1 Å². The van der Waals surface area contributed by atoms with Gasteiger partial charge in [-0.3, -0.25) is 0 Å². The number of rotatable bonds is 2. The fourth-order valence-corrected chi connectivity index (χ4v) is 3.45. The van der Waals surface area contributed by atoms with Crippen molar-refractivity contribution in [2.75, 3.05) is 19.8 Å². The van der Waals surface area contributed by atoms with E-state index in [4.69, 9.17) is 14.2 Å². The molecule has 0 atom stereocenters. The van der Waals surface area contributed by atoms with Crippen LogP contribution < -0.4 is 0 Å². The van der Waals surface area contributed by atoms with Crippen LogP contribution in [0.4, 0.5) is 0 Å². The molecule has 3 aliphatic heterocycles. The Morgan fingerprint density at radius 1 is 0.947 bits per heavy atom. The SMILES string of the molecule is CC1(C23COC(c4ccc(I)cc4)(OC2)OC3)CC1. The molecule has 4 fully saturated rings. The van der Waals surface area contributed by atoms with E-state index in [1.165, 1.54) is 16.4 Å². The maximum atomic E-state index is 6.01. The summed E-state index contributed by atoms with van der Waals surface area (Å²) in [7, 11) is 0. The predicted octanol–water partition coefficient (Wildman–Crippen LogP) is 3.27. The van der Waals surface area contributed by atoms with Crippen molar-refractivity contribution >= 4 is 22.6 Å². The van der Waals surface area contributed by atoms with Crippen molar-refractivity contribution < 1.29 is 14.2 Å². The third-order valence-electron chi connectivity index (χ3n) is 5.09. The van der Waals surface area contributed by atoms with Crippen molar-refractivity contribution in [1.29, 1.82) is 0 Å². The molecule has 0 radical (unpaired) electrons. The van der Waals surface area contributed by atoms with Crippen molar-refractivity contribution in [3.8, 4) is 0 Å². The highest BCUT2D eigenvalue weighted by molar-refractivity contribution is 14.1. The molecule has 0 aromatic heterocycles. The Labute approximate surface area is 126 Å². The summed E-state index contributed by atoms with van der Waals surface area (Å²) < 4.78 is 19.2. The molecule has 102 valence electrons. The van der Waals surface area contributed by atoms with Crippen molar-refractivity contribution in [3.05, 3.63) is 33.4 Å². The second-order valence-corrected chi connectivity index (χ2v) is 7.52. The van der Waals surface area contributed by atoms with Crippen LogP contribution >= 0.6 is 22.6 Å². The molecule has 1 aromatic carbocycles. The van der Waals surface area contributed by atoms with Crippen LogP contribution in [-0.4, -0.2) is 19.8 Å². The highest BCUT2D eigenvalue weighted by Crippen LogP contribution is 2.63. The van der Waals surface area contributed by atoms with E-state index < -0.39 is 5.97 Å². The van der Waals surface area contributed by atoms with E-state index >= 15 is 0 Å². The number of fused-ring (bicyclic) bond motifs is 3. The fourth-order valence-electron chi connectivity index (χ4n) is 3.09. The van der Waals surface area contributed by atoms with Crippen LogP contribution in [0.3, 0.4) is 0 Å². The first-order chi connectivity index (χ1) is 9.08. The van der Waals surface area contributed by atoms with Crippen LogP contribution in [0.2, 0.25) is 0 Å². The number of hydrogen-bond donors (Lipinski definition) is 0. The van der Waals surface area contributed by atoms with Gasteiger partial charge in [0.15, 0.2) is 0 Å². The molecule has 3 heterocycles. The number of ether oxygens (including phenoxy) is 3. The molecular weight excluding hydrogens is 355 g/mol. The number of hydrogen-bond acceptors (Lipinski definition) is 3. The lowest BCUT2D eigenvalue weighted by atomic mass is 9.74. The molecule has 0 unspecified atom stereocenters. The first-order valence-electron chi connectivity index (χ1n) is 6.76. The zero-order valence-electron chi connectivity index (χ0n) is 10.9. The number of halogens is 1. The Balaban J connectivity index is 1.62. The van der Waals surface area contributed by atoms with Gasteiger partial charge in [0.2, 0.25) is 0 Å². The molecule has 19 heavy (non-hydrogen) atoms. The summed E-state index contributed by atoms with van der Waals surface area (Å²) in [5.41, 5.74) is 1.38. The van der Waals surface area contributed by atoms with Gasteiger partial charge in [0.25, 0.3) is 0 Å². The van der Waals surface area contributed by atoms with Gasteiger partial charge >= 0.3 is 5.97 Å². The summed E-state index contributed by atoms with van der Waals surface area (Å²) in [4.78, 5) is 0. The average molecular weight is 372 g/mol. The Bertz CT molecular complexity index is 482. The molecular formula is C15H17IO3. The Hall–Kier alpha value is -0.170. The van der Waals surface area contributed by atoms with Gasteiger partial charge in [0.1, 0.15) is 0 Å². The third kappa shape index (κ3) is 1.73. The maximum absolute atomic E-state index is 6.01. The smallest absolute Gasteiger partial charge is 0.312 e. The summed E-state index contributed by atoms with van der Waals surface area (Å²) in [6.07, 6.45) is 2.53. The van der Waals surface area contributed by atoms with Crippen molar-refractivity contribution in [2.45, 2.75) is 25.7 Å². The van der Waals surface area contributed by atoms with E-state index in [1.54, 1.807) is 0 Å². The zero-order chi connectivity index (χ0) is 13.1. The summed E-state index contributed by atoms with van der Waals surface area (Å²) in [6, 6.07) is 8.16. The Morgan fingerprint density at radius 3 is 1.95 bits per heavy atom. The third-order valence-corrected chi connectivity index (χ3v) is 5.81. The molecule has 3 nitrogen and oxygen atoms in total. The second-order valence-electron chi connectivity index (χ2n) is 6.27. The van der Waals surface area contributed by atoms with Crippen LogP contribution in [0.1, 0.15) is 25.3 Å². The van der Waals surface area contributed by atoms with Crippen LogP contribution in [0.25, 0.3) is 0 Å². The van der Waals surface area contributed by atoms with Crippen LogP contribution in [0.5, 0.6) is 0 Å². The number of benzene rings is 1. The minimum Gasteiger partial charge on any atom is -0.323 e. The first kappa shape index (κ1) is 12.6. The van der Waals surface area contributed by atoms with Crippen LogP contribution in [-0.2, 0) is 20.2 Å². The zero-order valence-corrected chi connectivity index (χ0v) is 13.1. The highest BCUT2D eigenvalue weighted by atomic mass is 127. The topological polar surface area (TPSA) is 27.7 Å². The predicted molar refractivity (Wildman–Crippen MR) is 78.5 cm³/mol. The molecule has 0 spiro atoms. The summed E-state index contributed by atoms with van der Waals surface area (Å²) in [6.45, 7) is 4.56. The van der Waals surface area contributed by atoms with Gasteiger partial charge in [0, 0.05) is 14.5 Å². The van der Waals surface area contributed by atoms with Crippen molar-refractivity contribution in [3.63, 3.8) is 0 Å².